The van der Waals surface area contributed by atoms with Gasteiger partial charge in [-0.05, 0) is 18.4 Å². The molecule has 0 atom stereocenters. The fraction of sp³-hybridized carbons (Fsp3) is 0.500. The van der Waals surface area contributed by atoms with Gasteiger partial charge in [0.1, 0.15) is 0 Å². The second-order valence-electron chi connectivity index (χ2n) is 6.36. The summed E-state index contributed by atoms with van der Waals surface area (Å²) in [6.07, 6.45) is 4.99. The third kappa shape index (κ3) is 4.93. The monoisotopic (exact) mass is 455 g/mol. The third-order valence-electron chi connectivity index (χ3n) is 4.75. The topological polar surface area (TPSA) is 75.3 Å². The van der Waals surface area contributed by atoms with E-state index in [1.165, 1.54) is 31.2 Å². The van der Waals surface area contributed by atoms with Crippen LogP contribution in [0.25, 0.3) is 0 Å². The molecule has 0 radical (unpaired) electrons. The summed E-state index contributed by atoms with van der Waals surface area (Å²) in [4.78, 5) is 8.50. The van der Waals surface area contributed by atoms with Crippen molar-refractivity contribution in [2.75, 3.05) is 13.6 Å². The molecule has 1 aliphatic rings. The average molecular weight is 455 g/mol. The lowest BCUT2D eigenvalue weighted by Crippen LogP contribution is -2.44. The largest absolute Gasteiger partial charge is 0.356 e. The van der Waals surface area contributed by atoms with E-state index >= 15 is 0 Å². The van der Waals surface area contributed by atoms with Gasteiger partial charge in [0.05, 0.1) is 6.54 Å². The first-order valence-electron chi connectivity index (χ1n) is 8.51. The summed E-state index contributed by atoms with van der Waals surface area (Å²) in [7, 11) is 1.78. The van der Waals surface area contributed by atoms with Crippen molar-refractivity contribution in [1.82, 2.24) is 20.8 Å². The summed E-state index contributed by atoms with van der Waals surface area (Å²) in [5.41, 5.74) is 1.61. The lowest BCUT2D eigenvalue weighted by atomic mass is 9.79. The summed E-state index contributed by atoms with van der Waals surface area (Å²) >= 11 is 0. The molecule has 0 amide bonds. The minimum Gasteiger partial charge on any atom is -0.356 e. The minimum absolute atomic E-state index is 0. The molecule has 0 saturated heterocycles. The van der Waals surface area contributed by atoms with E-state index in [9.17, 15) is 0 Å². The fourth-order valence-corrected chi connectivity index (χ4v) is 3.46. The molecule has 136 valence electrons. The zero-order valence-corrected chi connectivity index (χ0v) is 17.1. The Morgan fingerprint density at radius 2 is 1.92 bits per heavy atom. The maximum atomic E-state index is 4.98. The highest BCUT2D eigenvalue weighted by molar-refractivity contribution is 14.0. The van der Waals surface area contributed by atoms with Gasteiger partial charge in [0.15, 0.2) is 11.8 Å². The number of nitrogens with zero attached hydrogens (tertiary/aromatic N) is 3. The third-order valence-corrected chi connectivity index (χ3v) is 4.75. The van der Waals surface area contributed by atoms with Gasteiger partial charge in [-0.3, -0.25) is 4.99 Å². The molecule has 0 bridgehead atoms. The molecule has 0 aliphatic heterocycles. The van der Waals surface area contributed by atoms with E-state index in [-0.39, 0.29) is 29.4 Å². The number of hydrogen-bond donors (Lipinski definition) is 2. The number of nitrogens with one attached hydrogen (secondary N) is 2. The van der Waals surface area contributed by atoms with Crippen molar-refractivity contribution in [2.24, 2.45) is 4.99 Å². The lowest BCUT2D eigenvalue weighted by Gasteiger charge is -2.30. The van der Waals surface area contributed by atoms with E-state index in [2.05, 4.69) is 56.1 Å². The van der Waals surface area contributed by atoms with E-state index < -0.39 is 0 Å². The maximum absolute atomic E-state index is 4.98. The van der Waals surface area contributed by atoms with Crippen molar-refractivity contribution < 1.29 is 4.52 Å². The maximum Gasteiger partial charge on any atom is 0.223 e. The molecule has 1 aromatic carbocycles. The van der Waals surface area contributed by atoms with Crippen LogP contribution in [0.3, 0.4) is 0 Å². The van der Waals surface area contributed by atoms with Gasteiger partial charge in [0.2, 0.25) is 5.89 Å². The number of hydrogen-bond acceptors (Lipinski definition) is 4. The first-order chi connectivity index (χ1) is 11.7. The lowest BCUT2D eigenvalue weighted by molar-refractivity contribution is 0.386. The SMILES string of the molecule is CN=C(NCc1noc(C)n1)NCC1(c2ccccc2)CCCC1.I. The number of aromatic nitrogens is 2. The highest BCUT2D eigenvalue weighted by Gasteiger charge is 2.35. The van der Waals surface area contributed by atoms with Crippen LogP contribution >= 0.6 is 24.0 Å². The minimum atomic E-state index is 0. The summed E-state index contributed by atoms with van der Waals surface area (Å²) in [6.45, 7) is 3.16. The summed E-state index contributed by atoms with van der Waals surface area (Å²) < 4.78 is 4.98. The van der Waals surface area contributed by atoms with Gasteiger partial charge in [0.25, 0.3) is 0 Å². The highest BCUT2D eigenvalue weighted by Crippen LogP contribution is 2.40. The molecular formula is C18H26IN5O. The van der Waals surface area contributed by atoms with Crippen molar-refractivity contribution >= 4 is 29.9 Å². The van der Waals surface area contributed by atoms with Crippen LogP contribution in [0, 0.1) is 6.92 Å². The quantitative estimate of drug-likeness (QED) is 0.412. The number of halogens is 1. The molecule has 1 fully saturated rings. The number of benzene rings is 1. The van der Waals surface area contributed by atoms with Gasteiger partial charge < -0.3 is 15.2 Å². The van der Waals surface area contributed by atoms with E-state index in [0.29, 0.717) is 18.3 Å². The predicted octanol–water partition coefficient (Wildman–Crippen LogP) is 3.17. The Labute approximate surface area is 165 Å². The van der Waals surface area contributed by atoms with E-state index in [1.54, 1.807) is 14.0 Å². The van der Waals surface area contributed by atoms with Crippen LogP contribution in [0.1, 0.15) is 43.0 Å². The molecule has 25 heavy (non-hydrogen) atoms. The first-order valence-corrected chi connectivity index (χ1v) is 8.51. The molecule has 1 aromatic heterocycles. The number of guanidine groups is 1. The van der Waals surface area contributed by atoms with Crippen LogP contribution in [-0.2, 0) is 12.0 Å². The molecule has 2 aromatic rings. The Balaban J connectivity index is 0.00000225. The van der Waals surface area contributed by atoms with Gasteiger partial charge in [0, 0.05) is 25.9 Å². The normalized spacial score (nSPS) is 16.3. The summed E-state index contributed by atoms with van der Waals surface area (Å²) in [6, 6.07) is 10.8. The van der Waals surface area contributed by atoms with Crippen molar-refractivity contribution in [3.8, 4) is 0 Å². The molecule has 1 aliphatic carbocycles. The summed E-state index contributed by atoms with van der Waals surface area (Å²) in [5.74, 6) is 1.97. The van der Waals surface area contributed by atoms with Gasteiger partial charge in [-0.25, -0.2) is 0 Å². The molecule has 1 heterocycles. The van der Waals surface area contributed by atoms with Crippen LogP contribution in [0.5, 0.6) is 0 Å². The van der Waals surface area contributed by atoms with Gasteiger partial charge in [-0.2, -0.15) is 4.98 Å². The van der Waals surface area contributed by atoms with Gasteiger partial charge in [-0.15, -0.1) is 24.0 Å². The van der Waals surface area contributed by atoms with Crippen LogP contribution in [0.2, 0.25) is 0 Å². The Morgan fingerprint density at radius 1 is 1.20 bits per heavy atom. The van der Waals surface area contributed by atoms with Crippen molar-refractivity contribution in [3.63, 3.8) is 0 Å². The van der Waals surface area contributed by atoms with Crippen LogP contribution in [0.4, 0.5) is 0 Å². The Bertz CT molecular complexity index is 680. The van der Waals surface area contributed by atoms with Crippen molar-refractivity contribution in [1.29, 1.82) is 0 Å². The summed E-state index contributed by atoms with van der Waals surface area (Å²) in [5, 5.41) is 10.6. The van der Waals surface area contributed by atoms with E-state index in [0.717, 1.165) is 12.5 Å². The van der Waals surface area contributed by atoms with Crippen molar-refractivity contribution in [2.45, 2.75) is 44.6 Å². The number of aliphatic imine (C=N–C) groups is 1. The Hall–Kier alpha value is -1.64. The Morgan fingerprint density at radius 3 is 2.52 bits per heavy atom. The molecule has 6 nitrogen and oxygen atoms in total. The second-order valence-corrected chi connectivity index (χ2v) is 6.36. The molecule has 3 rings (SSSR count). The molecule has 7 heteroatoms. The Kier molecular flexibility index (Phi) is 7.22. The number of aryl methyl sites for hydroxylation is 1. The van der Waals surface area contributed by atoms with Crippen LogP contribution < -0.4 is 10.6 Å². The molecular weight excluding hydrogens is 429 g/mol. The molecule has 1 saturated carbocycles. The van der Waals surface area contributed by atoms with Gasteiger partial charge in [-0.1, -0.05) is 48.3 Å². The highest BCUT2D eigenvalue weighted by atomic mass is 127. The fourth-order valence-electron chi connectivity index (χ4n) is 3.46. The van der Waals surface area contributed by atoms with Crippen molar-refractivity contribution in [3.05, 3.63) is 47.6 Å². The number of rotatable bonds is 5. The zero-order chi connectivity index (χ0) is 16.8. The first kappa shape index (κ1) is 19.7. The average Bonchev–Trinajstić information content (AvgIpc) is 3.26. The molecule has 0 unspecified atom stereocenters. The van der Waals surface area contributed by atoms with E-state index in [4.69, 9.17) is 4.52 Å². The van der Waals surface area contributed by atoms with Gasteiger partial charge >= 0.3 is 0 Å². The second kappa shape index (κ2) is 9.17. The molecule has 0 spiro atoms. The van der Waals surface area contributed by atoms with Crippen LogP contribution in [-0.4, -0.2) is 29.7 Å². The molecule has 2 N–H and O–H groups in total. The zero-order valence-electron chi connectivity index (χ0n) is 14.8. The smallest absolute Gasteiger partial charge is 0.223 e. The standard InChI is InChI=1S/C18H25N5O.HI/c1-14-22-16(23-24-14)12-20-17(19-2)21-13-18(10-6-7-11-18)15-8-4-3-5-9-15;/h3-5,8-9H,6-7,10-13H2,1-2H3,(H2,19,20,21);1H. The van der Waals surface area contributed by atoms with Crippen LogP contribution in [0.15, 0.2) is 39.8 Å². The van der Waals surface area contributed by atoms with E-state index in [1.807, 2.05) is 0 Å². The predicted molar refractivity (Wildman–Crippen MR) is 109 cm³/mol.